The molecule has 0 atom stereocenters. The van der Waals surface area contributed by atoms with Gasteiger partial charge in [0.1, 0.15) is 0 Å². The molecule has 1 aromatic heterocycles. The van der Waals surface area contributed by atoms with Crippen molar-refractivity contribution in [2.24, 2.45) is 4.99 Å². The number of para-hydroxylation sites is 1. The summed E-state index contributed by atoms with van der Waals surface area (Å²) in [6.07, 6.45) is 8.16. The van der Waals surface area contributed by atoms with Gasteiger partial charge in [0.15, 0.2) is 0 Å². The van der Waals surface area contributed by atoms with E-state index in [1.54, 1.807) is 11.3 Å². The van der Waals surface area contributed by atoms with Crippen LogP contribution in [0.25, 0.3) is 11.3 Å². The van der Waals surface area contributed by atoms with Gasteiger partial charge in [-0.3, -0.25) is 5.43 Å². The van der Waals surface area contributed by atoms with Crippen LogP contribution in [0.15, 0.2) is 76.7 Å². The highest BCUT2D eigenvalue weighted by Crippen LogP contribution is 2.23. The molecule has 4 rings (SSSR count). The third kappa shape index (κ3) is 4.22. The van der Waals surface area contributed by atoms with E-state index in [0.717, 1.165) is 35.4 Å². The number of allylic oxidation sites excluding steroid dienone is 2. The van der Waals surface area contributed by atoms with Gasteiger partial charge in [-0.25, -0.2) is 9.67 Å². The number of nitrogens with one attached hydrogen (secondary N) is 1. The topological polar surface area (TPSA) is 29.3 Å². The molecule has 1 N–H and O–H groups in total. The summed E-state index contributed by atoms with van der Waals surface area (Å²) in [5.74, 6) is 0. The maximum absolute atomic E-state index is 4.88. The predicted octanol–water partition coefficient (Wildman–Crippen LogP) is 6.01. The Labute approximate surface area is 164 Å². The molecule has 1 heterocycles. The zero-order chi connectivity index (χ0) is 18.5. The molecular formula is C23H25N3S. The van der Waals surface area contributed by atoms with Crippen LogP contribution >= 0.6 is 11.3 Å². The van der Waals surface area contributed by atoms with E-state index in [9.17, 15) is 0 Å². The van der Waals surface area contributed by atoms with Crippen LogP contribution in [0.2, 0.25) is 0 Å². The smallest absolute Gasteiger partial charge is 0.209 e. The SMILES string of the molecule is CCc1ccc(-c2csc(=Nc3ccccc3)n2NC2=CCCCC2)cc1. The zero-order valence-electron chi connectivity index (χ0n) is 15.7. The molecule has 0 unspecified atom stereocenters. The lowest BCUT2D eigenvalue weighted by atomic mass is 10.1. The summed E-state index contributed by atoms with van der Waals surface area (Å²) < 4.78 is 2.15. The van der Waals surface area contributed by atoms with Crippen molar-refractivity contribution < 1.29 is 0 Å². The number of benzene rings is 2. The average molecular weight is 376 g/mol. The van der Waals surface area contributed by atoms with E-state index in [1.165, 1.54) is 29.7 Å². The van der Waals surface area contributed by atoms with Gasteiger partial charge in [-0.2, -0.15) is 0 Å². The Hall–Kier alpha value is -2.59. The minimum absolute atomic E-state index is 0.960. The highest BCUT2D eigenvalue weighted by molar-refractivity contribution is 7.07. The van der Waals surface area contributed by atoms with E-state index in [1.807, 2.05) is 30.3 Å². The molecule has 0 amide bonds. The second kappa shape index (κ2) is 8.40. The molecule has 2 aromatic carbocycles. The van der Waals surface area contributed by atoms with Crippen molar-refractivity contribution in [2.45, 2.75) is 39.0 Å². The summed E-state index contributed by atoms with van der Waals surface area (Å²) in [7, 11) is 0. The van der Waals surface area contributed by atoms with Crippen LogP contribution in [0, 0.1) is 0 Å². The summed E-state index contributed by atoms with van der Waals surface area (Å²) in [5, 5.41) is 2.19. The molecule has 27 heavy (non-hydrogen) atoms. The molecule has 0 aliphatic heterocycles. The lowest BCUT2D eigenvalue weighted by Gasteiger charge is -2.18. The lowest BCUT2D eigenvalue weighted by Crippen LogP contribution is -2.26. The van der Waals surface area contributed by atoms with Crippen LogP contribution in [0.1, 0.15) is 38.2 Å². The van der Waals surface area contributed by atoms with Gasteiger partial charge in [0, 0.05) is 16.6 Å². The fourth-order valence-corrected chi connectivity index (χ4v) is 4.17. The molecule has 4 heteroatoms. The standard InChI is InChI=1S/C23H25N3S/c1-2-18-13-15-19(16-14-18)22-17-27-23(24-20-9-5-3-6-10-20)26(22)25-21-11-7-4-8-12-21/h3,5-6,9-11,13-17,25H,2,4,7-8,12H2,1H3. The molecule has 1 aliphatic rings. The van der Waals surface area contributed by atoms with Gasteiger partial charge in [-0.05, 0) is 49.8 Å². The van der Waals surface area contributed by atoms with Crippen LogP contribution in [0.5, 0.6) is 0 Å². The molecule has 138 valence electrons. The van der Waals surface area contributed by atoms with Gasteiger partial charge in [-0.15, -0.1) is 11.3 Å². The van der Waals surface area contributed by atoms with Crippen LogP contribution in [0.4, 0.5) is 5.69 Å². The van der Waals surface area contributed by atoms with Gasteiger partial charge in [0.05, 0.1) is 11.4 Å². The maximum Gasteiger partial charge on any atom is 0.209 e. The molecule has 0 bridgehead atoms. The minimum atomic E-state index is 0.960. The van der Waals surface area contributed by atoms with Crippen molar-refractivity contribution in [3.8, 4) is 11.3 Å². The first-order chi connectivity index (χ1) is 13.3. The first-order valence-corrected chi connectivity index (χ1v) is 10.6. The van der Waals surface area contributed by atoms with E-state index in [4.69, 9.17) is 4.99 Å². The molecule has 0 fully saturated rings. The fraction of sp³-hybridized carbons (Fsp3) is 0.261. The largest absolute Gasteiger partial charge is 0.296 e. The third-order valence-electron chi connectivity index (χ3n) is 4.89. The second-order valence-electron chi connectivity index (χ2n) is 6.82. The van der Waals surface area contributed by atoms with E-state index < -0.39 is 0 Å². The van der Waals surface area contributed by atoms with Gasteiger partial charge < -0.3 is 0 Å². The average Bonchev–Trinajstić information content (AvgIpc) is 3.12. The van der Waals surface area contributed by atoms with Crippen molar-refractivity contribution in [3.05, 3.63) is 82.1 Å². The number of aryl methyl sites for hydroxylation is 1. The quantitative estimate of drug-likeness (QED) is 0.581. The number of thiazole rings is 1. The van der Waals surface area contributed by atoms with Crippen molar-refractivity contribution in [2.75, 3.05) is 5.43 Å². The first-order valence-electron chi connectivity index (χ1n) is 9.69. The molecule has 0 radical (unpaired) electrons. The van der Waals surface area contributed by atoms with Gasteiger partial charge in [0.25, 0.3) is 0 Å². The summed E-state index contributed by atoms with van der Waals surface area (Å²) in [6, 6.07) is 19.0. The van der Waals surface area contributed by atoms with E-state index in [-0.39, 0.29) is 0 Å². The Morgan fingerprint density at radius 3 is 2.56 bits per heavy atom. The van der Waals surface area contributed by atoms with E-state index in [2.05, 4.69) is 52.7 Å². The molecule has 1 aliphatic carbocycles. The summed E-state index contributed by atoms with van der Waals surface area (Å²) in [6.45, 7) is 2.19. The maximum atomic E-state index is 4.88. The molecule has 0 saturated carbocycles. The van der Waals surface area contributed by atoms with Crippen molar-refractivity contribution >= 4 is 17.0 Å². The summed E-state index contributed by atoms with van der Waals surface area (Å²) in [5.41, 5.74) is 9.63. The van der Waals surface area contributed by atoms with E-state index in [0.29, 0.717) is 0 Å². The highest BCUT2D eigenvalue weighted by Gasteiger charge is 2.11. The van der Waals surface area contributed by atoms with Crippen LogP contribution in [-0.2, 0) is 6.42 Å². The number of aromatic nitrogens is 1. The second-order valence-corrected chi connectivity index (χ2v) is 7.66. The first kappa shape index (κ1) is 17.8. The Kier molecular flexibility index (Phi) is 5.54. The molecular weight excluding hydrogens is 350 g/mol. The van der Waals surface area contributed by atoms with Crippen molar-refractivity contribution in [3.63, 3.8) is 0 Å². The number of hydrogen-bond acceptors (Lipinski definition) is 3. The lowest BCUT2D eigenvalue weighted by molar-refractivity contribution is 0.683. The monoisotopic (exact) mass is 375 g/mol. The molecule has 3 nitrogen and oxygen atoms in total. The molecule has 3 aromatic rings. The van der Waals surface area contributed by atoms with Gasteiger partial charge in [-0.1, -0.05) is 55.5 Å². The Morgan fingerprint density at radius 1 is 1.04 bits per heavy atom. The molecule has 0 saturated heterocycles. The summed E-state index contributed by atoms with van der Waals surface area (Å²) in [4.78, 5) is 5.84. The summed E-state index contributed by atoms with van der Waals surface area (Å²) >= 11 is 1.67. The number of rotatable bonds is 5. The Balaban J connectivity index is 1.78. The van der Waals surface area contributed by atoms with Crippen LogP contribution in [0.3, 0.4) is 0 Å². The molecule has 0 spiro atoms. The van der Waals surface area contributed by atoms with Crippen molar-refractivity contribution in [1.29, 1.82) is 0 Å². The zero-order valence-corrected chi connectivity index (χ0v) is 16.5. The Morgan fingerprint density at radius 2 is 1.85 bits per heavy atom. The van der Waals surface area contributed by atoms with Gasteiger partial charge >= 0.3 is 0 Å². The van der Waals surface area contributed by atoms with E-state index >= 15 is 0 Å². The van der Waals surface area contributed by atoms with Crippen molar-refractivity contribution in [1.82, 2.24) is 4.68 Å². The van der Waals surface area contributed by atoms with Gasteiger partial charge in [0.2, 0.25) is 4.80 Å². The highest BCUT2D eigenvalue weighted by atomic mass is 32.1. The minimum Gasteiger partial charge on any atom is -0.296 e. The van der Waals surface area contributed by atoms with Crippen LogP contribution < -0.4 is 10.2 Å². The Bertz CT molecular complexity index is 978. The van der Waals surface area contributed by atoms with Crippen LogP contribution in [-0.4, -0.2) is 4.68 Å². The normalized spacial score (nSPS) is 14.9. The number of hydrogen-bond donors (Lipinski definition) is 1. The number of nitrogens with zero attached hydrogens (tertiary/aromatic N) is 2. The fourth-order valence-electron chi connectivity index (χ4n) is 3.31. The third-order valence-corrected chi connectivity index (χ3v) is 5.72. The predicted molar refractivity (Wildman–Crippen MR) is 115 cm³/mol.